The number of benzene rings is 1. The molecule has 1 aromatic rings. The number of aliphatic carboxylic acids is 1. The molecule has 1 rings (SSSR count). The number of carbonyl (C=O) groups excluding carboxylic acids is 1. The third-order valence-corrected chi connectivity index (χ3v) is 3.35. The molecule has 0 unspecified atom stereocenters. The number of hydrogen-bond acceptors (Lipinski definition) is 3. The molecule has 4 nitrogen and oxygen atoms in total. The predicted octanol–water partition coefficient (Wildman–Crippen LogP) is 3.97. The molecule has 1 N–H and O–H groups in total. The summed E-state index contributed by atoms with van der Waals surface area (Å²) in [5.74, 6) is -0.277. The fraction of sp³-hybridized carbons (Fsp3) is 0.529. The fourth-order valence-corrected chi connectivity index (χ4v) is 2.15. The summed E-state index contributed by atoms with van der Waals surface area (Å²) in [6.07, 6.45) is 5.79. The molecule has 4 heteroatoms. The highest BCUT2D eigenvalue weighted by molar-refractivity contribution is 5.72. The molecule has 0 aliphatic heterocycles. The van der Waals surface area contributed by atoms with Crippen LogP contribution in [0.15, 0.2) is 24.3 Å². The average molecular weight is 292 g/mol. The van der Waals surface area contributed by atoms with Crippen LogP contribution < -0.4 is 4.74 Å². The highest BCUT2D eigenvalue weighted by atomic mass is 16.5. The Morgan fingerprint density at radius 2 is 1.62 bits per heavy atom. The summed E-state index contributed by atoms with van der Waals surface area (Å²) in [5.41, 5.74) is 1.04. The maximum Gasteiger partial charge on any atom is 0.311 e. The monoisotopic (exact) mass is 292 g/mol. The molecular formula is C17H24O4. The van der Waals surface area contributed by atoms with Crippen molar-refractivity contribution in [2.45, 2.75) is 58.3 Å². The number of aryl methyl sites for hydroxylation is 1. The van der Waals surface area contributed by atoms with Crippen LogP contribution in [0.2, 0.25) is 0 Å². The minimum Gasteiger partial charge on any atom is -0.481 e. The van der Waals surface area contributed by atoms with Crippen molar-refractivity contribution in [1.82, 2.24) is 0 Å². The van der Waals surface area contributed by atoms with Gasteiger partial charge in [-0.15, -0.1) is 0 Å². The zero-order valence-corrected chi connectivity index (χ0v) is 12.6. The van der Waals surface area contributed by atoms with E-state index in [0.29, 0.717) is 18.6 Å². The lowest BCUT2D eigenvalue weighted by Crippen LogP contribution is -2.08. The zero-order chi connectivity index (χ0) is 15.5. The van der Waals surface area contributed by atoms with Gasteiger partial charge in [-0.05, 0) is 30.9 Å². The van der Waals surface area contributed by atoms with Crippen LogP contribution in [0.3, 0.4) is 0 Å². The number of carboxylic acids is 1. The van der Waals surface area contributed by atoms with E-state index in [9.17, 15) is 9.59 Å². The number of esters is 1. The minimum absolute atomic E-state index is 0.193. The quantitative estimate of drug-likeness (QED) is 0.402. The number of carbonyl (C=O) groups is 2. The van der Waals surface area contributed by atoms with Crippen molar-refractivity contribution in [2.75, 3.05) is 0 Å². The molecule has 0 aliphatic rings. The van der Waals surface area contributed by atoms with Crippen molar-refractivity contribution >= 4 is 11.9 Å². The molecule has 0 fully saturated rings. The van der Waals surface area contributed by atoms with Gasteiger partial charge in [0, 0.05) is 12.8 Å². The van der Waals surface area contributed by atoms with E-state index in [2.05, 4.69) is 0 Å². The Morgan fingerprint density at radius 3 is 2.29 bits per heavy atom. The fourth-order valence-electron chi connectivity index (χ4n) is 2.15. The molecule has 0 bridgehead atoms. The van der Waals surface area contributed by atoms with Gasteiger partial charge in [0.15, 0.2) is 0 Å². The lowest BCUT2D eigenvalue weighted by atomic mass is 10.1. The number of para-hydroxylation sites is 1. The summed E-state index contributed by atoms with van der Waals surface area (Å²) >= 11 is 0. The van der Waals surface area contributed by atoms with Crippen LogP contribution in [0.4, 0.5) is 0 Å². The second kappa shape index (κ2) is 9.97. The SMILES string of the molecule is CCc1ccccc1OC(=O)CCCCCCCC(=O)O. The number of carboxylic acid groups (broad SMARTS) is 1. The summed E-state index contributed by atoms with van der Waals surface area (Å²) in [5, 5.41) is 8.51. The maximum absolute atomic E-state index is 11.8. The van der Waals surface area contributed by atoms with Crippen molar-refractivity contribution in [3.63, 3.8) is 0 Å². The Balaban J connectivity index is 2.15. The Labute approximate surface area is 126 Å². The molecule has 0 aromatic heterocycles. The molecule has 1 aromatic carbocycles. The predicted molar refractivity (Wildman–Crippen MR) is 81.4 cm³/mol. The van der Waals surface area contributed by atoms with E-state index in [0.717, 1.165) is 37.7 Å². The molecule has 21 heavy (non-hydrogen) atoms. The van der Waals surface area contributed by atoms with Gasteiger partial charge in [-0.3, -0.25) is 9.59 Å². The van der Waals surface area contributed by atoms with E-state index >= 15 is 0 Å². The van der Waals surface area contributed by atoms with Crippen LogP contribution in [0.25, 0.3) is 0 Å². The van der Waals surface area contributed by atoms with E-state index in [4.69, 9.17) is 9.84 Å². The third-order valence-electron chi connectivity index (χ3n) is 3.35. The molecule has 0 atom stereocenters. The van der Waals surface area contributed by atoms with Crippen LogP contribution in [0.5, 0.6) is 5.75 Å². The average Bonchev–Trinajstić information content (AvgIpc) is 2.46. The molecule has 0 heterocycles. The summed E-state index contributed by atoms with van der Waals surface area (Å²) < 4.78 is 5.38. The van der Waals surface area contributed by atoms with E-state index < -0.39 is 5.97 Å². The summed E-state index contributed by atoms with van der Waals surface area (Å²) in [4.78, 5) is 22.1. The van der Waals surface area contributed by atoms with Crippen molar-refractivity contribution in [3.05, 3.63) is 29.8 Å². The van der Waals surface area contributed by atoms with Gasteiger partial charge in [0.2, 0.25) is 0 Å². The van der Waals surface area contributed by atoms with E-state index in [1.165, 1.54) is 0 Å². The van der Waals surface area contributed by atoms with Crippen molar-refractivity contribution in [1.29, 1.82) is 0 Å². The maximum atomic E-state index is 11.8. The summed E-state index contributed by atoms with van der Waals surface area (Å²) in [6.45, 7) is 2.03. The minimum atomic E-state index is -0.742. The zero-order valence-electron chi connectivity index (χ0n) is 12.6. The van der Waals surface area contributed by atoms with Gasteiger partial charge in [-0.1, -0.05) is 44.4 Å². The van der Waals surface area contributed by atoms with Gasteiger partial charge in [-0.25, -0.2) is 0 Å². The third kappa shape index (κ3) is 7.49. The van der Waals surface area contributed by atoms with Crippen molar-refractivity contribution < 1.29 is 19.4 Å². The molecule has 0 radical (unpaired) electrons. The van der Waals surface area contributed by atoms with Gasteiger partial charge < -0.3 is 9.84 Å². The molecule has 0 saturated heterocycles. The smallest absolute Gasteiger partial charge is 0.311 e. The number of rotatable bonds is 10. The Hall–Kier alpha value is -1.84. The Kier molecular flexibility index (Phi) is 8.17. The van der Waals surface area contributed by atoms with E-state index in [1.54, 1.807) is 0 Å². The van der Waals surface area contributed by atoms with Gasteiger partial charge in [0.05, 0.1) is 0 Å². The first kappa shape index (κ1) is 17.2. The topological polar surface area (TPSA) is 63.6 Å². The number of hydrogen-bond donors (Lipinski definition) is 1. The highest BCUT2D eigenvalue weighted by Gasteiger charge is 2.07. The largest absolute Gasteiger partial charge is 0.481 e. The second-order valence-electron chi connectivity index (χ2n) is 5.10. The molecule has 0 spiro atoms. The van der Waals surface area contributed by atoms with Crippen LogP contribution in [0, 0.1) is 0 Å². The lowest BCUT2D eigenvalue weighted by Gasteiger charge is -2.08. The second-order valence-corrected chi connectivity index (χ2v) is 5.10. The molecule has 116 valence electrons. The lowest BCUT2D eigenvalue weighted by molar-refractivity contribution is -0.137. The Bertz CT molecular complexity index is 454. The first-order valence-corrected chi connectivity index (χ1v) is 7.64. The number of unbranched alkanes of at least 4 members (excludes halogenated alkanes) is 4. The first-order valence-electron chi connectivity index (χ1n) is 7.64. The van der Waals surface area contributed by atoms with Crippen LogP contribution in [-0.4, -0.2) is 17.0 Å². The molecule has 0 amide bonds. The highest BCUT2D eigenvalue weighted by Crippen LogP contribution is 2.19. The molecule has 0 aliphatic carbocycles. The van der Waals surface area contributed by atoms with Crippen LogP contribution in [-0.2, 0) is 16.0 Å². The number of ether oxygens (including phenoxy) is 1. The molecular weight excluding hydrogens is 268 g/mol. The normalized spacial score (nSPS) is 10.3. The Morgan fingerprint density at radius 1 is 1.00 bits per heavy atom. The first-order chi connectivity index (χ1) is 10.1. The van der Waals surface area contributed by atoms with Crippen molar-refractivity contribution in [2.24, 2.45) is 0 Å². The molecule has 0 saturated carbocycles. The van der Waals surface area contributed by atoms with Crippen LogP contribution in [0.1, 0.15) is 57.4 Å². The summed E-state index contributed by atoms with van der Waals surface area (Å²) in [7, 11) is 0. The van der Waals surface area contributed by atoms with Crippen molar-refractivity contribution in [3.8, 4) is 5.75 Å². The van der Waals surface area contributed by atoms with Gasteiger partial charge >= 0.3 is 11.9 Å². The van der Waals surface area contributed by atoms with E-state index in [1.807, 2.05) is 31.2 Å². The van der Waals surface area contributed by atoms with Gasteiger partial charge in [0.25, 0.3) is 0 Å². The standard InChI is InChI=1S/C17H24O4/c1-2-14-10-8-9-11-15(14)21-17(20)13-7-5-3-4-6-12-16(18)19/h8-11H,2-7,12-13H2,1H3,(H,18,19). The van der Waals surface area contributed by atoms with Gasteiger partial charge in [-0.2, -0.15) is 0 Å². The van der Waals surface area contributed by atoms with Crippen LogP contribution >= 0.6 is 0 Å². The van der Waals surface area contributed by atoms with Gasteiger partial charge in [0.1, 0.15) is 5.75 Å². The van der Waals surface area contributed by atoms with E-state index in [-0.39, 0.29) is 12.4 Å². The summed E-state index contributed by atoms with van der Waals surface area (Å²) in [6, 6.07) is 7.59.